The summed E-state index contributed by atoms with van der Waals surface area (Å²) < 4.78 is 5.36. The second-order valence-corrected chi connectivity index (χ2v) is 6.04. The fraction of sp³-hybridized carbons (Fsp3) is 0.286. The number of carbonyl (C=O) groups excluding carboxylic acids is 3. The topological polar surface area (TPSA) is 72.5 Å². The minimum absolute atomic E-state index is 0.152. The van der Waals surface area contributed by atoms with Crippen molar-refractivity contribution >= 4 is 23.3 Å². The molecule has 1 amide bonds. The number of carbonyl (C=O) groups is 3. The molecule has 5 heteroatoms. The number of ether oxygens (including phenoxy) is 1. The first-order valence-corrected chi connectivity index (χ1v) is 8.60. The molecule has 0 aliphatic carbocycles. The van der Waals surface area contributed by atoms with E-state index in [1.54, 1.807) is 24.3 Å². The highest BCUT2D eigenvalue weighted by Gasteiger charge is 2.25. The molecule has 0 aromatic heterocycles. The number of amides is 1. The molecule has 0 fully saturated rings. The average Bonchev–Trinajstić information content (AvgIpc) is 2.63. The summed E-state index contributed by atoms with van der Waals surface area (Å²) in [5.41, 5.74) is 1.67. The standard InChI is InChI=1S/C21H23NO4/c1-4-17(16-10-6-5-7-11-16)21(25)26-15(3)20(24)22-19-13-9-8-12-18(19)14(2)23/h5-13,15,17H,4H2,1-3H3,(H,22,24). The molecule has 0 spiro atoms. The van der Waals surface area contributed by atoms with Gasteiger partial charge in [0.15, 0.2) is 11.9 Å². The number of nitrogens with one attached hydrogen (secondary N) is 1. The molecule has 0 aliphatic heterocycles. The molecule has 2 rings (SSSR count). The number of benzene rings is 2. The lowest BCUT2D eigenvalue weighted by molar-refractivity contribution is -0.154. The van der Waals surface area contributed by atoms with Crippen LogP contribution in [0.1, 0.15) is 49.0 Å². The number of ketones is 1. The third-order valence-electron chi connectivity index (χ3n) is 4.12. The Balaban J connectivity index is 2.05. The summed E-state index contributed by atoms with van der Waals surface area (Å²) in [6.07, 6.45) is -0.398. The Kier molecular flexibility index (Phi) is 6.67. The van der Waals surface area contributed by atoms with Gasteiger partial charge in [0.25, 0.3) is 5.91 Å². The van der Waals surface area contributed by atoms with Crippen LogP contribution in [-0.2, 0) is 14.3 Å². The zero-order valence-electron chi connectivity index (χ0n) is 15.2. The fourth-order valence-corrected chi connectivity index (χ4v) is 2.67. The molecule has 0 aliphatic rings. The van der Waals surface area contributed by atoms with Crippen LogP contribution in [0.2, 0.25) is 0 Å². The van der Waals surface area contributed by atoms with Crippen LogP contribution >= 0.6 is 0 Å². The van der Waals surface area contributed by atoms with Crippen LogP contribution in [0.4, 0.5) is 5.69 Å². The number of rotatable bonds is 7. The molecular formula is C21H23NO4. The smallest absolute Gasteiger partial charge is 0.314 e. The van der Waals surface area contributed by atoms with Gasteiger partial charge in [-0.2, -0.15) is 0 Å². The highest BCUT2D eigenvalue weighted by molar-refractivity contribution is 6.04. The SMILES string of the molecule is CCC(C(=O)OC(C)C(=O)Nc1ccccc1C(C)=O)c1ccccc1. The van der Waals surface area contributed by atoms with E-state index >= 15 is 0 Å². The fourth-order valence-electron chi connectivity index (χ4n) is 2.67. The van der Waals surface area contributed by atoms with Crippen molar-refractivity contribution in [2.45, 2.75) is 39.2 Å². The van der Waals surface area contributed by atoms with Crippen LogP contribution in [-0.4, -0.2) is 23.8 Å². The number of anilines is 1. The molecule has 5 nitrogen and oxygen atoms in total. The van der Waals surface area contributed by atoms with E-state index in [9.17, 15) is 14.4 Å². The van der Waals surface area contributed by atoms with Gasteiger partial charge in [0.05, 0.1) is 11.6 Å². The first-order chi connectivity index (χ1) is 12.4. The van der Waals surface area contributed by atoms with E-state index in [4.69, 9.17) is 4.74 Å². The molecule has 0 heterocycles. The van der Waals surface area contributed by atoms with Crippen molar-refractivity contribution in [3.63, 3.8) is 0 Å². The molecule has 0 bridgehead atoms. The Hall–Kier alpha value is -2.95. The van der Waals surface area contributed by atoms with Crippen molar-refractivity contribution < 1.29 is 19.1 Å². The van der Waals surface area contributed by atoms with Crippen molar-refractivity contribution in [3.05, 3.63) is 65.7 Å². The molecule has 0 radical (unpaired) electrons. The highest BCUT2D eigenvalue weighted by atomic mass is 16.5. The Bertz CT molecular complexity index is 786. The average molecular weight is 353 g/mol. The maximum atomic E-state index is 12.5. The molecule has 136 valence electrons. The van der Waals surface area contributed by atoms with Gasteiger partial charge in [-0.3, -0.25) is 14.4 Å². The molecule has 2 atom stereocenters. The van der Waals surface area contributed by atoms with E-state index < -0.39 is 23.9 Å². The summed E-state index contributed by atoms with van der Waals surface area (Å²) in [5.74, 6) is -1.49. The van der Waals surface area contributed by atoms with E-state index in [-0.39, 0.29) is 5.78 Å². The van der Waals surface area contributed by atoms with Crippen molar-refractivity contribution in [2.75, 3.05) is 5.32 Å². The maximum absolute atomic E-state index is 12.5. The van der Waals surface area contributed by atoms with Gasteiger partial charge in [0.2, 0.25) is 0 Å². The number of esters is 1. The van der Waals surface area contributed by atoms with Gasteiger partial charge in [-0.05, 0) is 38.0 Å². The minimum atomic E-state index is -0.972. The zero-order chi connectivity index (χ0) is 19.1. The first kappa shape index (κ1) is 19.4. The lowest BCUT2D eigenvalue weighted by Gasteiger charge is -2.19. The van der Waals surface area contributed by atoms with Crippen molar-refractivity contribution in [3.8, 4) is 0 Å². The van der Waals surface area contributed by atoms with Crippen LogP contribution in [0, 0.1) is 0 Å². The normalized spacial score (nSPS) is 12.7. The molecule has 26 heavy (non-hydrogen) atoms. The first-order valence-electron chi connectivity index (χ1n) is 8.60. The molecule has 2 aromatic carbocycles. The van der Waals surface area contributed by atoms with Gasteiger partial charge >= 0.3 is 5.97 Å². The summed E-state index contributed by atoms with van der Waals surface area (Å²) in [7, 11) is 0. The van der Waals surface area contributed by atoms with Crippen LogP contribution in [0.3, 0.4) is 0 Å². The van der Waals surface area contributed by atoms with Gasteiger partial charge in [-0.25, -0.2) is 0 Å². The number of hydrogen-bond acceptors (Lipinski definition) is 4. The molecule has 2 aromatic rings. The highest BCUT2D eigenvalue weighted by Crippen LogP contribution is 2.22. The van der Waals surface area contributed by atoms with Gasteiger partial charge in [0, 0.05) is 5.56 Å². The molecule has 1 N–H and O–H groups in total. The van der Waals surface area contributed by atoms with E-state index in [1.807, 2.05) is 37.3 Å². The van der Waals surface area contributed by atoms with Crippen molar-refractivity contribution in [1.29, 1.82) is 0 Å². The molecule has 2 unspecified atom stereocenters. The third-order valence-corrected chi connectivity index (χ3v) is 4.12. The Morgan fingerprint density at radius 3 is 2.23 bits per heavy atom. The van der Waals surface area contributed by atoms with Crippen LogP contribution in [0.15, 0.2) is 54.6 Å². The monoisotopic (exact) mass is 353 g/mol. The van der Waals surface area contributed by atoms with Crippen LogP contribution < -0.4 is 5.32 Å². The largest absolute Gasteiger partial charge is 0.452 e. The van der Waals surface area contributed by atoms with Crippen LogP contribution in [0.5, 0.6) is 0 Å². The van der Waals surface area contributed by atoms with Gasteiger partial charge in [-0.15, -0.1) is 0 Å². The Morgan fingerprint density at radius 1 is 1.00 bits per heavy atom. The van der Waals surface area contributed by atoms with E-state index in [2.05, 4.69) is 5.32 Å². The number of Topliss-reactive ketones (excluding diaryl/α,β-unsaturated/α-hetero) is 1. The van der Waals surface area contributed by atoms with E-state index in [0.717, 1.165) is 5.56 Å². The lowest BCUT2D eigenvalue weighted by Crippen LogP contribution is -2.32. The second kappa shape index (κ2) is 8.94. The quantitative estimate of drug-likeness (QED) is 0.604. The summed E-state index contributed by atoms with van der Waals surface area (Å²) in [5, 5.41) is 2.66. The summed E-state index contributed by atoms with van der Waals surface area (Å²) in [6.45, 7) is 4.84. The van der Waals surface area contributed by atoms with Crippen molar-refractivity contribution in [2.24, 2.45) is 0 Å². The van der Waals surface area contributed by atoms with E-state index in [0.29, 0.717) is 17.7 Å². The summed E-state index contributed by atoms with van der Waals surface area (Å²) in [4.78, 5) is 36.5. The molecule has 0 saturated carbocycles. The van der Waals surface area contributed by atoms with Gasteiger partial charge in [0.1, 0.15) is 0 Å². The second-order valence-electron chi connectivity index (χ2n) is 6.04. The Morgan fingerprint density at radius 2 is 1.62 bits per heavy atom. The predicted octanol–water partition coefficient (Wildman–Crippen LogP) is 3.95. The molecular weight excluding hydrogens is 330 g/mol. The molecule has 0 saturated heterocycles. The minimum Gasteiger partial charge on any atom is -0.452 e. The van der Waals surface area contributed by atoms with Crippen LogP contribution in [0.25, 0.3) is 0 Å². The van der Waals surface area contributed by atoms with Gasteiger partial charge in [-0.1, -0.05) is 49.4 Å². The lowest BCUT2D eigenvalue weighted by atomic mass is 9.97. The maximum Gasteiger partial charge on any atom is 0.314 e. The Labute approximate surface area is 153 Å². The number of hydrogen-bond donors (Lipinski definition) is 1. The van der Waals surface area contributed by atoms with Gasteiger partial charge < -0.3 is 10.1 Å². The summed E-state index contributed by atoms with van der Waals surface area (Å²) in [6, 6.07) is 16.1. The third kappa shape index (κ3) is 4.79. The van der Waals surface area contributed by atoms with E-state index in [1.165, 1.54) is 13.8 Å². The zero-order valence-corrected chi connectivity index (χ0v) is 15.2. The summed E-state index contributed by atoms with van der Waals surface area (Å²) >= 11 is 0. The predicted molar refractivity (Wildman–Crippen MR) is 100 cm³/mol. The number of para-hydroxylation sites is 1. The van der Waals surface area contributed by atoms with Crippen molar-refractivity contribution in [1.82, 2.24) is 0 Å².